The van der Waals surface area contributed by atoms with Gasteiger partial charge in [0.05, 0.1) is 18.2 Å². The van der Waals surface area contributed by atoms with E-state index in [1.807, 2.05) is 30.3 Å². The van der Waals surface area contributed by atoms with Crippen molar-refractivity contribution in [3.8, 4) is 6.07 Å². The lowest BCUT2D eigenvalue weighted by Crippen LogP contribution is -2.22. The third-order valence-electron chi connectivity index (χ3n) is 6.42. The number of Topliss-reactive ketones (excluding diaryl/α,β-unsaturated/α-hetero) is 1. The summed E-state index contributed by atoms with van der Waals surface area (Å²) in [4.78, 5) is 18.0. The number of carbonyl (C=O) groups is 1. The Bertz CT molecular complexity index is 1100. The van der Waals surface area contributed by atoms with Crippen molar-refractivity contribution in [2.45, 2.75) is 45.4 Å². The molecule has 156 valence electrons. The summed E-state index contributed by atoms with van der Waals surface area (Å²) in [6.07, 6.45) is 8.14. The van der Waals surface area contributed by atoms with Crippen LogP contribution in [0.3, 0.4) is 0 Å². The Balaban J connectivity index is 1.68. The molecule has 0 fully saturated rings. The van der Waals surface area contributed by atoms with Crippen molar-refractivity contribution >= 4 is 17.1 Å². The Hall–Kier alpha value is -3.25. The number of dihydropyridines is 1. The lowest BCUT2D eigenvalue weighted by molar-refractivity contribution is -0.109. The normalized spacial score (nSPS) is 21.3. The van der Waals surface area contributed by atoms with Gasteiger partial charge in [-0.15, -0.1) is 0 Å². The van der Waals surface area contributed by atoms with Gasteiger partial charge >= 0.3 is 0 Å². The van der Waals surface area contributed by atoms with Crippen molar-refractivity contribution in [2.24, 2.45) is 10.9 Å². The number of benzene rings is 2. The maximum absolute atomic E-state index is 13.3. The first-order valence-corrected chi connectivity index (χ1v) is 11.1. The second-order valence-corrected chi connectivity index (χ2v) is 8.76. The number of aliphatic imine (C=N–C) groups is 1. The predicted octanol–water partition coefficient (Wildman–Crippen LogP) is 6.19. The smallest absolute Gasteiger partial charge is 0.206 e. The third kappa shape index (κ3) is 4.75. The highest BCUT2D eigenvalue weighted by atomic mass is 16.1. The zero-order chi connectivity index (χ0) is 21.8. The average Bonchev–Trinajstić information content (AvgIpc) is 3.03. The van der Waals surface area contributed by atoms with Crippen LogP contribution < -0.4 is 0 Å². The van der Waals surface area contributed by atoms with Gasteiger partial charge in [-0.05, 0) is 79.0 Å². The number of ketones is 1. The summed E-state index contributed by atoms with van der Waals surface area (Å²) in [6.45, 7) is 4.88. The highest BCUT2D eigenvalue weighted by Crippen LogP contribution is 2.36. The molecule has 2 unspecified atom stereocenters. The number of hydrogen-bond acceptors (Lipinski definition) is 3. The molecular formula is C28H28N2O. The van der Waals surface area contributed by atoms with Crippen molar-refractivity contribution < 1.29 is 4.79 Å². The van der Waals surface area contributed by atoms with Crippen LogP contribution in [-0.4, -0.2) is 18.0 Å². The summed E-state index contributed by atoms with van der Waals surface area (Å²) in [5.41, 5.74) is 6.69. The standard InChI is InChI=1S/C28H28N2O/c1-19-4-3-5-24(13-8-19)28(31)27-16-25(22-11-6-20(2)7-12-22)26(18-30-27)23-14-9-21(17-29)10-15-23/h5-7,9-12,14-16,19,26H,3-4,8,13,18H2,1-2H3. The van der Waals surface area contributed by atoms with Crippen LogP contribution in [0.25, 0.3) is 5.57 Å². The zero-order valence-corrected chi connectivity index (χ0v) is 18.3. The minimum atomic E-state index is 0.0649. The Labute approximate surface area is 184 Å². The highest BCUT2D eigenvalue weighted by Gasteiger charge is 2.26. The number of nitriles is 1. The molecule has 0 radical (unpaired) electrons. The van der Waals surface area contributed by atoms with Crippen LogP contribution in [-0.2, 0) is 4.79 Å². The minimum Gasteiger partial charge on any atom is -0.287 e. The van der Waals surface area contributed by atoms with Crippen molar-refractivity contribution in [2.75, 3.05) is 6.54 Å². The fraction of sp³-hybridized carbons (Fsp3) is 0.321. The predicted molar refractivity (Wildman–Crippen MR) is 126 cm³/mol. The van der Waals surface area contributed by atoms with Crippen LogP contribution in [0.15, 0.2) is 71.2 Å². The van der Waals surface area contributed by atoms with Crippen LogP contribution in [0.1, 0.15) is 60.8 Å². The van der Waals surface area contributed by atoms with Gasteiger partial charge in [0, 0.05) is 5.92 Å². The molecule has 0 saturated heterocycles. The molecule has 2 aromatic rings. The van der Waals surface area contributed by atoms with Gasteiger partial charge in [0.25, 0.3) is 0 Å². The number of aryl methyl sites for hydroxylation is 1. The molecule has 0 N–H and O–H groups in total. The van der Waals surface area contributed by atoms with E-state index < -0.39 is 0 Å². The molecule has 1 heterocycles. The third-order valence-corrected chi connectivity index (χ3v) is 6.42. The lowest BCUT2D eigenvalue weighted by Gasteiger charge is -2.24. The second kappa shape index (κ2) is 9.27. The van der Waals surface area contributed by atoms with Gasteiger partial charge in [0.2, 0.25) is 5.78 Å². The highest BCUT2D eigenvalue weighted by molar-refractivity contribution is 6.50. The molecule has 0 spiro atoms. The number of carbonyl (C=O) groups excluding carboxylic acids is 1. The number of nitrogens with zero attached hydrogens (tertiary/aromatic N) is 2. The monoisotopic (exact) mass is 408 g/mol. The Morgan fingerprint density at radius 3 is 2.52 bits per heavy atom. The molecule has 3 nitrogen and oxygen atoms in total. The Morgan fingerprint density at radius 2 is 1.81 bits per heavy atom. The fourth-order valence-electron chi connectivity index (χ4n) is 4.39. The van der Waals surface area contributed by atoms with Crippen LogP contribution >= 0.6 is 0 Å². The first kappa shape index (κ1) is 21.0. The molecule has 1 aliphatic heterocycles. The Kier molecular flexibility index (Phi) is 6.28. The number of rotatable bonds is 4. The van der Waals surface area contributed by atoms with E-state index in [0.717, 1.165) is 48.0 Å². The second-order valence-electron chi connectivity index (χ2n) is 8.76. The molecule has 3 heteroatoms. The molecule has 2 atom stereocenters. The summed E-state index contributed by atoms with van der Waals surface area (Å²) >= 11 is 0. The average molecular weight is 409 g/mol. The summed E-state index contributed by atoms with van der Waals surface area (Å²) in [6, 6.07) is 18.3. The first-order valence-electron chi connectivity index (χ1n) is 11.1. The van der Waals surface area contributed by atoms with Gasteiger partial charge < -0.3 is 0 Å². The van der Waals surface area contributed by atoms with E-state index in [0.29, 0.717) is 23.7 Å². The van der Waals surface area contributed by atoms with Crippen molar-refractivity contribution in [3.63, 3.8) is 0 Å². The van der Waals surface area contributed by atoms with Gasteiger partial charge in [0.15, 0.2) is 0 Å². The topological polar surface area (TPSA) is 53.2 Å². The summed E-state index contributed by atoms with van der Waals surface area (Å²) in [5, 5.41) is 9.12. The van der Waals surface area contributed by atoms with Gasteiger partial charge in [0.1, 0.15) is 5.71 Å². The van der Waals surface area contributed by atoms with E-state index in [2.05, 4.69) is 50.3 Å². The summed E-state index contributed by atoms with van der Waals surface area (Å²) < 4.78 is 0. The van der Waals surface area contributed by atoms with Crippen LogP contribution in [0, 0.1) is 24.2 Å². The van der Waals surface area contributed by atoms with Crippen molar-refractivity contribution in [1.82, 2.24) is 0 Å². The molecule has 0 bridgehead atoms. The molecule has 4 rings (SSSR count). The largest absolute Gasteiger partial charge is 0.287 e. The maximum atomic E-state index is 13.3. The van der Waals surface area contributed by atoms with Crippen molar-refractivity contribution in [1.29, 1.82) is 5.26 Å². The molecule has 31 heavy (non-hydrogen) atoms. The molecule has 0 saturated carbocycles. The minimum absolute atomic E-state index is 0.0649. The molecule has 0 aromatic heterocycles. The summed E-state index contributed by atoms with van der Waals surface area (Å²) in [5.74, 6) is 0.807. The van der Waals surface area contributed by atoms with E-state index >= 15 is 0 Å². The Morgan fingerprint density at radius 1 is 1.06 bits per heavy atom. The van der Waals surface area contributed by atoms with Crippen LogP contribution in [0.4, 0.5) is 0 Å². The molecule has 1 aliphatic carbocycles. The van der Waals surface area contributed by atoms with Crippen LogP contribution in [0.2, 0.25) is 0 Å². The SMILES string of the molecule is Cc1ccc(C2=CC(C(=O)C3=CCCC(C)CC3)=NCC2c2ccc(C#N)cc2)cc1. The van der Waals surface area contributed by atoms with Gasteiger partial charge in [-0.2, -0.15) is 5.26 Å². The van der Waals surface area contributed by atoms with Crippen molar-refractivity contribution in [3.05, 3.63) is 88.5 Å². The molecule has 0 amide bonds. The van der Waals surface area contributed by atoms with E-state index in [4.69, 9.17) is 10.3 Å². The molecular weight excluding hydrogens is 380 g/mol. The maximum Gasteiger partial charge on any atom is 0.206 e. The van der Waals surface area contributed by atoms with Gasteiger partial charge in [-0.25, -0.2) is 0 Å². The van der Waals surface area contributed by atoms with E-state index in [-0.39, 0.29) is 11.7 Å². The van der Waals surface area contributed by atoms with E-state index in [1.165, 1.54) is 5.56 Å². The van der Waals surface area contributed by atoms with Gasteiger partial charge in [-0.1, -0.05) is 55.0 Å². The number of allylic oxidation sites excluding steroid dienone is 3. The first-order chi connectivity index (χ1) is 15.0. The van der Waals surface area contributed by atoms with Gasteiger partial charge in [-0.3, -0.25) is 9.79 Å². The zero-order valence-electron chi connectivity index (χ0n) is 18.3. The molecule has 2 aromatic carbocycles. The van der Waals surface area contributed by atoms with Crippen LogP contribution in [0.5, 0.6) is 0 Å². The summed E-state index contributed by atoms with van der Waals surface area (Å²) in [7, 11) is 0. The lowest BCUT2D eigenvalue weighted by atomic mass is 9.83. The molecule has 2 aliphatic rings. The number of hydrogen-bond donors (Lipinski definition) is 0. The van der Waals surface area contributed by atoms with E-state index in [1.54, 1.807) is 0 Å². The quantitative estimate of drug-likeness (QED) is 0.605. The van der Waals surface area contributed by atoms with E-state index in [9.17, 15) is 4.79 Å². The fourth-order valence-corrected chi connectivity index (χ4v) is 4.39.